The monoisotopic (exact) mass is 221 g/mol. The molecule has 2 atom stereocenters. The van der Waals surface area contributed by atoms with Crippen molar-refractivity contribution in [3.63, 3.8) is 0 Å². The van der Waals surface area contributed by atoms with E-state index in [1.54, 1.807) is 0 Å². The Morgan fingerprint density at radius 1 is 1.44 bits per heavy atom. The summed E-state index contributed by atoms with van der Waals surface area (Å²) in [4.78, 5) is 0. The molecule has 3 nitrogen and oxygen atoms in total. The third-order valence-electron chi connectivity index (χ3n) is 2.68. The molecule has 16 heavy (non-hydrogen) atoms. The molecule has 0 amide bonds. The molecule has 1 aromatic carbocycles. The van der Waals surface area contributed by atoms with Gasteiger partial charge in [-0.1, -0.05) is 18.2 Å². The molecule has 0 aromatic heterocycles. The van der Waals surface area contributed by atoms with Crippen molar-refractivity contribution in [1.29, 1.82) is 0 Å². The second-order valence-electron chi connectivity index (χ2n) is 4.18. The van der Waals surface area contributed by atoms with Gasteiger partial charge in [-0.3, -0.25) is 0 Å². The fourth-order valence-corrected chi connectivity index (χ4v) is 1.81. The number of rotatable bonds is 5. The van der Waals surface area contributed by atoms with E-state index in [1.807, 2.05) is 18.2 Å². The molecule has 0 aliphatic carbocycles. The number of para-hydroxylation sites is 1. The summed E-state index contributed by atoms with van der Waals surface area (Å²) in [5.41, 5.74) is 1.14. The molecular formula is C13H19NO2. The largest absolute Gasteiger partial charge is 0.382 e. The van der Waals surface area contributed by atoms with Crippen molar-refractivity contribution in [2.24, 2.45) is 0 Å². The van der Waals surface area contributed by atoms with E-state index >= 15 is 0 Å². The number of hydrogen-bond donors (Lipinski definition) is 1. The van der Waals surface area contributed by atoms with Gasteiger partial charge in [-0.15, -0.1) is 0 Å². The smallest absolute Gasteiger partial charge is 0.0834 e. The van der Waals surface area contributed by atoms with Gasteiger partial charge in [0.2, 0.25) is 0 Å². The van der Waals surface area contributed by atoms with Gasteiger partial charge >= 0.3 is 0 Å². The maximum absolute atomic E-state index is 5.85. The SMILES string of the molecule is CC(CNc1ccccc1)OC1CCOC1. The maximum atomic E-state index is 5.85. The van der Waals surface area contributed by atoms with Crippen LogP contribution in [0.2, 0.25) is 0 Å². The Labute approximate surface area is 96.8 Å². The van der Waals surface area contributed by atoms with Gasteiger partial charge in [0, 0.05) is 18.8 Å². The van der Waals surface area contributed by atoms with Crippen LogP contribution in [0.5, 0.6) is 0 Å². The van der Waals surface area contributed by atoms with Gasteiger partial charge in [0.15, 0.2) is 0 Å². The van der Waals surface area contributed by atoms with Crippen LogP contribution in [-0.2, 0) is 9.47 Å². The van der Waals surface area contributed by atoms with Gasteiger partial charge in [-0.2, -0.15) is 0 Å². The molecule has 88 valence electrons. The Morgan fingerprint density at radius 3 is 2.94 bits per heavy atom. The molecule has 0 saturated carbocycles. The highest BCUT2D eigenvalue weighted by molar-refractivity contribution is 5.42. The number of ether oxygens (including phenoxy) is 2. The third kappa shape index (κ3) is 3.51. The molecule has 0 radical (unpaired) electrons. The molecule has 2 rings (SSSR count). The molecular weight excluding hydrogens is 202 g/mol. The Balaban J connectivity index is 1.69. The Bertz CT molecular complexity index is 296. The van der Waals surface area contributed by atoms with Crippen LogP contribution in [0.15, 0.2) is 30.3 Å². The van der Waals surface area contributed by atoms with E-state index in [0.717, 1.165) is 31.9 Å². The van der Waals surface area contributed by atoms with Crippen molar-refractivity contribution in [1.82, 2.24) is 0 Å². The van der Waals surface area contributed by atoms with E-state index in [9.17, 15) is 0 Å². The Hall–Kier alpha value is -1.06. The zero-order valence-corrected chi connectivity index (χ0v) is 9.69. The molecule has 1 fully saturated rings. The predicted octanol–water partition coefficient (Wildman–Crippen LogP) is 2.29. The highest BCUT2D eigenvalue weighted by atomic mass is 16.5. The summed E-state index contributed by atoms with van der Waals surface area (Å²) in [6.07, 6.45) is 1.52. The minimum absolute atomic E-state index is 0.215. The van der Waals surface area contributed by atoms with Crippen LogP contribution >= 0.6 is 0 Å². The van der Waals surface area contributed by atoms with Crippen molar-refractivity contribution in [2.45, 2.75) is 25.6 Å². The fraction of sp³-hybridized carbons (Fsp3) is 0.538. The quantitative estimate of drug-likeness (QED) is 0.827. The van der Waals surface area contributed by atoms with Crippen molar-refractivity contribution in [3.05, 3.63) is 30.3 Å². The summed E-state index contributed by atoms with van der Waals surface area (Å²) in [5.74, 6) is 0. The van der Waals surface area contributed by atoms with E-state index in [-0.39, 0.29) is 12.2 Å². The normalized spacial score (nSPS) is 21.9. The average Bonchev–Trinajstić information content (AvgIpc) is 2.81. The first-order chi connectivity index (χ1) is 7.84. The van der Waals surface area contributed by atoms with Gasteiger partial charge < -0.3 is 14.8 Å². The number of hydrogen-bond acceptors (Lipinski definition) is 3. The lowest BCUT2D eigenvalue weighted by Crippen LogP contribution is -2.26. The molecule has 1 aromatic rings. The molecule has 0 bridgehead atoms. The van der Waals surface area contributed by atoms with E-state index in [1.165, 1.54) is 0 Å². The minimum Gasteiger partial charge on any atom is -0.382 e. The van der Waals surface area contributed by atoms with Gasteiger partial charge in [0.25, 0.3) is 0 Å². The molecule has 2 unspecified atom stereocenters. The van der Waals surface area contributed by atoms with Crippen molar-refractivity contribution in [3.8, 4) is 0 Å². The lowest BCUT2D eigenvalue weighted by molar-refractivity contribution is 0.000151. The molecule has 1 saturated heterocycles. The molecule has 1 aliphatic heterocycles. The summed E-state index contributed by atoms with van der Waals surface area (Å²) in [6, 6.07) is 10.2. The van der Waals surface area contributed by atoms with Gasteiger partial charge in [0.1, 0.15) is 0 Å². The first-order valence-electron chi connectivity index (χ1n) is 5.87. The molecule has 3 heteroatoms. The average molecular weight is 221 g/mol. The van der Waals surface area contributed by atoms with Crippen LogP contribution in [0.4, 0.5) is 5.69 Å². The van der Waals surface area contributed by atoms with Crippen LogP contribution in [-0.4, -0.2) is 32.0 Å². The van der Waals surface area contributed by atoms with Crippen LogP contribution < -0.4 is 5.32 Å². The number of nitrogens with one attached hydrogen (secondary N) is 1. The topological polar surface area (TPSA) is 30.5 Å². The highest BCUT2D eigenvalue weighted by Crippen LogP contribution is 2.11. The summed E-state index contributed by atoms with van der Waals surface area (Å²) >= 11 is 0. The minimum atomic E-state index is 0.215. The van der Waals surface area contributed by atoms with Crippen molar-refractivity contribution in [2.75, 3.05) is 25.1 Å². The van der Waals surface area contributed by atoms with Crippen molar-refractivity contribution < 1.29 is 9.47 Å². The lowest BCUT2D eigenvalue weighted by atomic mass is 10.3. The highest BCUT2D eigenvalue weighted by Gasteiger charge is 2.18. The van der Waals surface area contributed by atoms with Gasteiger partial charge in [-0.05, 0) is 25.5 Å². The third-order valence-corrected chi connectivity index (χ3v) is 2.68. The van der Waals surface area contributed by atoms with E-state index in [2.05, 4.69) is 24.4 Å². The first-order valence-corrected chi connectivity index (χ1v) is 5.87. The lowest BCUT2D eigenvalue weighted by Gasteiger charge is -2.18. The number of benzene rings is 1. The van der Waals surface area contributed by atoms with Crippen LogP contribution in [0.25, 0.3) is 0 Å². The zero-order chi connectivity index (χ0) is 11.2. The van der Waals surface area contributed by atoms with Gasteiger partial charge in [-0.25, -0.2) is 0 Å². The maximum Gasteiger partial charge on any atom is 0.0834 e. The molecule has 0 spiro atoms. The van der Waals surface area contributed by atoms with Crippen LogP contribution in [0.3, 0.4) is 0 Å². The van der Waals surface area contributed by atoms with E-state index in [4.69, 9.17) is 9.47 Å². The summed E-state index contributed by atoms with van der Waals surface area (Å²) in [6.45, 7) is 4.51. The van der Waals surface area contributed by atoms with Crippen molar-refractivity contribution >= 4 is 5.69 Å². The summed E-state index contributed by atoms with van der Waals surface area (Å²) in [7, 11) is 0. The summed E-state index contributed by atoms with van der Waals surface area (Å²) < 4.78 is 11.1. The predicted molar refractivity (Wildman–Crippen MR) is 64.7 cm³/mol. The molecule has 1 heterocycles. The Morgan fingerprint density at radius 2 is 2.25 bits per heavy atom. The molecule has 1 N–H and O–H groups in total. The van der Waals surface area contributed by atoms with Gasteiger partial charge in [0.05, 0.1) is 18.8 Å². The molecule has 1 aliphatic rings. The van der Waals surface area contributed by atoms with E-state index < -0.39 is 0 Å². The van der Waals surface area contributed by atoms with Crippen LogP contribution in [0.1, 0.15) is 13.3 Å². The summed E-state index contributed by atoms with van der Waals surface area (Å²) in [5, 5.41) is 3.35. The van der Waals surface area contributed by atoms with Crippen LogP contribution in [0, 0.1) is 0 Å². The second kappa shape index (κ2) is 5.87. The standard InChI is InChI=1S/C13H19NO2/c1-11(16-13-7-8-15-10-13)9-14-12-5-3-2-4-6-12/h2-6,11,13-14H,7-10H2,1H3. The Kier molecular flexibility index (Phi) is 4.19. The van der Waals surface area contributed by atoms with E-state index in [0.29, 0.717) is 0 Å². The second-order valence-corrected chi connectivity index (χ2v) is 4.18. The fourth-order valence-electron chi connectivity index (χ4n) is 1.81. The number of anilines is 1. The zero-order valence-electron chi connectivity index (χ0n) is 9.69. The first kappa shape index (κ1) is 11.4.